The number of carbonyl (C=O) groups excluding carboxylic acids is 1. The number of amides is 2. The van der Waals surface area contributed by atoms with E-state index < -0.39 is 0 Å². The van der Waals surface area contributed by atoms with E-state index in [1.165, 1.54) is 32.4 Å². The van der Waals surface area contributed by atoms with E-state index in [4.69, 9.17) is 0 Å². The summed E-state index contributed by atoms with van der Waals surface area (Å²) in [6.45, 7) is 6.02. The van der Waals surface area contributed by atoms with Gasteiger partial charge < -0.3 is 14.8 Å². The van der Waals surface area contributed by atoms with Gasteiger partial charge in [0.25, 0.3) is 0 Å². The quantitative estimate of drug-likeness (QED) is 0.909. The van der Waals surface area contributed by atoms with Crippen LogP contribution in [0.3, 0.4) is 0 Å². The molecule has 3 heterocycles. The van der Waals surface area contributed by atoms with Crippen LogP contribution >= 0.6 is 0 Å². The van der Waals surface area contributed by atoms with Gasteiger partial charge in [0.15, 0.2) is 5.82 Å². The van der Waals surface area contributed by atoms with Gasteiger partial charge in [0.1, 0.15) is 6.33 Å². The van der Waals surface area contributed by atoms with E-state index >= 15 is 0 Å². The zero-order chi connectivity index (χ0) is 15.5. The van der Waals surface area contributed by atoms with Gasteiger partial charge in [0, 0.05) is 26.2 Å². The van der Waals surface area contributed by atoms with Crippen LogP contribution in [0.25, 0.3) is 0 Å². The second kappa shape index (κ2) is 6.64. The molecule has 0 aromatic carbocycles. The summed E-state index contributed by atoms with van der Waals surface area (Å²) in [5.74, 6) is 0.779. The minimum absolute atomic E-state index is 0.0133. The Morgan fingerprint density at radius 1 is 1.32 bits per heavy atom. The molecule has 2 fully saturated rings. The van der Waals surface area contributed by atoms with Crippen LogP contribution in [0.2, 0.25) is 0 Å². The van der Waals surface area contributed by atoms with Gasteiger partial charge >= 0.3 is 6.03 Å². The van der Waals surface area contributed by atoms with E-state index in [0.717, 1.165) is 25.3 Å². The van der Waals surface area contributed by atoms with Crippen LogP contribution in [0.15, 0.2) is 6.33 Å². The number of likely N-dealkylation sites (tertiary alicyclic amines) is 2. The van der Waals surface area contributed by atoms with Crippen molar-refractivity contribution in [2.45, 2.75) is 44.7 Å². The van der Waals surface area contributed by atoms with Crippen molar-refractivity contribution in [3.8, 4) is 0 Å². The fourth-order valence-electron chi connectivity index (χ4n) is 3.57. The summed E-state index contributed by atoms with van der Waals surface area (Å²) in [5, 5.41) is 11.0. The van der Waals surface area contributed by atoms with Crippen molar-refractivity contribution in [2.75, 3.05) is 26.2 Å². The molecular formula is C15H26N6O. The van der Waals surface area contributed by atoms with Crippen LogP contribution in [-0.4, -0.2) is 62.8 Å². The normalized spacial score (nSPS) is 24.5. The Balaban J connectivity index is 1.56. The second-order valence-corrected chi connectivity index (χ2v) is 6.46. The van der Waals surface area contributed by atoms with Gasteiger partial charge in [-0.05, 0) is 45.7 Å². The molecule has 2 aliphatic heterocycles. The van der Waals surface area contributed by atoms with Crippen molar-refractivity contribution in [3.05, 3.63) is 12.2 Å². The van der Waals surface area contributed by atoms with Crippen molar-refractivity contribution in [1.82, 2.24) is 29.9 Å². The van der Waals surface area contributed by atoms with Gasteiger partial charge in [0.05, 0.1) is 6.04 Å². The van der Waals surface area contributed by atoms with Crippen molar-refractivity contribution >= 4 is 6.03 Å². The summed E-state index contributed by atoms with van der Waals surface area (Å²) in [6, 6.07) is 0.415. The first-order valence-corrected chi connectivity index (χ1v) is 8.28. The van der Waals surface area contributed by atoms with E-state index in [-0.39, 0.29) is 12.1 Å². The third kappa shape index (κ3) is 3.24. The number of rotatable bonds is 3. The first-order valence-electron chi connectivity index (χ1n) is 8.28. The van der Waals surface area contributed by atoms with E-state index in [1.807, 2.05) is 23.4 Å². The average molecular weight is 306 g/mol. The summed E-state index contributed by atoms with van der Waals surface area (Å²) < 4.78 is 1.84. The first kappa shape index (κ1) is 15.3. The van der Waals surface area contributed by atoms with Crippen LogP contribution in [0.1, 0.15) is 44.5 Å². The SMILES string of the molecule is C[C@@H](NC(=O)N1CCC[C@H](N2CCCC2)C1)c1nncn1C. The molecule has 0 saturated carbocycles. The highest BCUT2D eigenvalue weighted by atomic mass is 16.2. The lowest BCUT2D eigenvalue weighted by molar-refractivity contribution is 0.123. The van der Waals surface area contributed by atoms with Gasteiger partial charge in [0.2, 0.25) is 0 Å². The average Bonchev–Trinajstić information content (AvgIpc) is 3.18. The van der Waals surface area contributed by atoms with E-state index in [0.29, 0.717) is 6.04 Å². The fraction of sp³-hybridized carbons (Fsp3) is 0.800. The predicted octanol–water partition coefficient (Wildman–Crippen LogP) is 1.15. The molecule has 7 nitrogen and oxygen atoms in total. The smallest absolute Gasteiger partial charge is 0.318 e. The van der Waals surface area contributed by atoms with Gasteiger partial charge in [-0.2, -0.15) is 0 Å². The second-order valence-electron chi connectivity index (χ2n) is 6.46. The summed E-state index contributed by atoms with van der Waals surface area (Å²) in [4.78, 5) is 17.0. The Morgan fingerprint density at radius 2 is 2.09 bits per heavy atom. The maximum absolute atomic E-state index is 12.5. The number of carbonyl (C=O) groups is 1. The molecule has 0 radical (unpaired) electrons. The number of aryl methyl sites for hydroxylation is 1. The Morgan fingerprint density at radius 3 is 2.77 bits per heavy atom. The molecule has 22 heavy (non-hydrogen) atoms. The van der Waals surface area contributed by atoms with Crippen LogP contribution in [0.4, 0.5) is 4.79 Å². The van der Waals surface area contributed by atoms with Gasteiger partial charge in [-0.3, -0.25) is 4.90 Å². The predicted molar refractivity (Wildman–Crippen MR) is 83.4 cm³/mol. The lowest BCUT2D eigenvalue weighted by Gasteiger charge is -2.37. The molecule has 0 unspecified atom stereocenters. The largest absolute Gasteiger partial charge is 0.328 e. The van der Waals surface area contributed by atoms with Crippen LogP contribution in [0, 0.1) is 0 Å². The molecular weight excluding hydrogens is 280 g/mol. The third-order valence-electron chi connectivity index (χ3n) is 4.81. The van der Waals surface area contributed by atoms with Crippen molar-refractivity contribution < 1.29 is 4.79 Å². The van der Waals surface area contributed by atoms with E-state index in [9.17, 15) is 4.79 Å². The zero-order valence-corrected chi connectivity index (χ0v) is 13.5. The van der Waals surface area contributed by atoms with Gasteiger partial charge in [-0.1, -0.05) is 0 Å². The number of aromatic nitrogens is 3. The van der Waals surface area contributed by atoms with Crippen molar-refractivity contribution in [3.63, 3.8) is 0 Å². The molecule has 0 spiro atoms. The van der Waals surface area contributed by atoms with Crippen LogP contribution in [0.5, 0.6) is 0 Å². The monoisotopic (exact) mass is 306 g/mol. The highest BCUT2D eigenvalue weighted by molar-refractivity contribution is 5.74. The molecule has 7 heteroatoms. The topological polar surface area (TPSA) is 66.3 Å². The summed E-state index contributed by atoms with van der Waals surface area (Å²) in [6.07, 6.45) is 6.55. The first-order chi connectivity index (χ1) is 10.6. The molecule has 0 bridgehead atoms. The summed E-state index contributed by atoms with van der Waals surface area (Å²) in [5.41, 5.74) is 0. The lowest BCUT2D eigenvalue weighted by atomic mass is 10.0. The number of nitrogens with one attached hydrogen (secondary N) is 1. The Bertz CT molecular complexity index is 510. The molecule has 1 aromatic heterocycles. The Labute approximate surface area is 131 Å². The molecule has 1 aromatic rings. The van der Waals surface area contributed by atoms with Gasteiger partial charge in [-0.25, -0.2) is 4.79 Å². The van der Waals surface area contributed by atoms with Crippen LogP contribution < -0.4 is 5.32 Å². The number of piperidine rings is 1. The molecule has 2 saturated heterocycles. The number of hydrogen-bond acceptors (Lipinski definition) is 4. The number of nitrogens with zero attached hydrogens (tertiary/aromatic N) is 5. The zero-order valence-electron chi connectivity index (χ0n) is 13.5. The number of hydrogen-bond donors (Lipinski definition) is 1. The van der Waals surface area contributed by atoms with Gasteiger partial charge in [-0.15, -0.1) is 10.2 Å². The minimum Gasteiger partial charge on any atom is -0.328 e. The summed E-state index contributed by atoms with van der Waals surface area (Å²) in [7, 11) is 1.89. The molecule has 2 aliphatic rings. The molecule has 122 valence electrons. The number of urea groups is 1. The standard InChI is InChI=1S/C15H26N6O/c1-12(14-18-16-11-19(14)2)17-15(22)21-9-5-6-13(10-21)20-7-3-4-8-20/h11-13H,3-10H2,1-2H3,(H,17,22)/t12-,13+/m1/s1. The molecule has 2 atom stereocenters. The minimum atomic E-state index is -0.132. The maximum Gasteiger partial charge on any atom is 0.318 e. The molecule has 3 rings (SSSR count). The van der Waals surface area contributed by atoms with Crippen molar-refractivity contribution in [1.29, 1.82) is 0 Å². The fourth-order valence-corrected chi connectivity index (χ4v) is 3.57. The maximum atomic E-state index is 12.5. The summed E-state index contributed by atoms with van der Waals surface area (Å²) >= 11 is 0. The highest BCUT2D eigenvalue weighted by Gasteiger charge is 2.30. The van der Waals surface area contributed by atoms with Crippen LogP contribution in [-0.2, 0) is 7.05 Å². The molecule has 2 amide bonds. The molecule has 0 aliphatic carbocycles. The Hall–Kier alpha value is -1.63. The Kier molecular flexibility index (Phi) is 4.61. The van der Waals surface area contributed by atoms with Crippen molar-refractivity contribution in [2.24, 2.45) is 7.05 Å². The highest BCUT2D eigenvalue weighted by Crippen LogP contribution is 2.21. The third-order valence-corrected chi connectivity index (χ3v) is 4.81. The molecule has 1 N–H and O–H groups in total. The van der Waals surface area contributed by atoms with E-state index in [2.05, 4.69) is 20.4 Å². The van der Waals surface area contributed by atoms with E-state index in [1.54, 1.807) is 6.33 Å². The lowest BCUT2D eigenvalue weighted by Crippen LogP contribution is -2.52.